The molecule has 2 rings (SSSR count). The van der Waals surface area contributed by atoms with Crippen LogP contribution in [-0.2, 0) is 9.63 Å². The summed E-state index contributed by atoms with van der Waals surface area (Å²) in [6.45, 7) is 1.94. The quantitative estimate of drug-likeness (QED) is 0.647. The van der Waals surface area contributed by atoms with Gasteiger partial charge >= 0.3 is 0 Å². The van der Waals surface area contributed by atoms with E-state index < -0.39 is 0 Å². The molecule has 1 saturated heterocycles. The Bertz CT molecular complexity index is 276. The standard InChI is InChI=1S/C8H14N4O2S/c9-15-12-3-1-6(2-4-12)7(13)8-10-5-14-11-8/h6H,1-5,9H2,(H,10,11). The van der Waals surface area contributed by atoms with Crippen molar-refractivity contribution in [3.63, 3.8) is 0 Å². The van der Waals surface area contributed by atoms with E-state index in [1.54, 1.807) is 0 Å². The molecular weight excluding hydrogens is 216 g/mol. The van der Waals surface area contributed by atoms with Crippen molar-refractivity contribution in [3.05, 3.63) is 0 Å². The minimum Gasteiger partial charge on any atom is -0.290 e. The van der Waals surface area contributed by atoms with Gasteiger partial charge in [0.15, 0.2) is 12.6 Å². The predicted molar refractivity (Wildman–Crippen MR) is 57.6 cm³/mol. The number of amidine groups is 1. The van der Waals surface area contributed by atoms with Gasteiger partial charge in [-0.25, -0.2) is 14.8 Å². The largest absolute Gasteiger partial charge is 0.290 e. The maximum Gasteiger partial charge on any atom is 0.202 e. The molecule has 0 radical (unpaired) electrons. The van der Waals surface area contributed by atoms with E-state index in [2.05, 4.69) is 14.8 Å². The zero-order valence-electron chi connectivity index (χ0n) is 8.31. The highest BCUT2D eigenvalue weighted by Crippen LogP contribution is 2.21. The Hall–Kier alpha value is -0.630. The first-order valence-electron chi connectivity index (χ1n) is 4.89. The fourth-order valence-corrected chi connectivity index (χ4v) is 2.20. The van der Waals surface area contributed by atoms with Crippen LogP contribution in [-0.4, -0.2) is 35.7 Å². The zero-order valence-corrected chi connectivity index (χ0v) is 9.13. The lowest BCUT2D eigenvalue weighted by Gasteiger charge is -2.28. The summed E-state index contributed by atoms with van der Waals surface area (Å²) in [5.41, 5.74) is 2.54. The number of aliphatic imine (C=N–C) groups is 1. The topological polar surface area (TPSA) is 80.0 Å². The molecule has 2 aliphatic rings. The van der Waals surface area contributed by atoms with Crippen molar-refractivity contribution in [1.82, 2.24) is 9.79 Å². The normalized spacial score (nSPS) is 23.7. The average Bonchev–Trinajstić information content (AvgIpc) is 2.82. The third kappa shape index (κ3) is 2.49. The molecule has 0 aromatic carbocycles. The van der Waals surface area contributed by atoms with Crippen LogP contribution >= 0.6 is 12.1 Å². The Morgan fingerprint density at radius 1 is 1.60 bits per heavy atom. The monoisotopic (exact) mass is 230 g/mol. The highest BCUT2D eigenvalue weighted by Gasteiger charge is 2.29. The molecule has 0 unspecified atom stereocenters. The number of ketones is 1. The highest BCUT2D eigenvalue weighted by atomic mass is 32.2. The summed E-state index contributed by atoms with van der Waals surface area (Å²) < 4.78 is 2.06. The first-order valence-corrected chi connectivity index (χ1v) is 5.73. The summed E-state index contributed by atoms with van der Waals surface area (Å²) in [6.07, 6.45) is 1.67. The van der Waals surface area contributed by atoms with Gasteiger partial charge in [0, 0.05) is 31.1 Å². The van der Waals surface area contributed by atoms with Gasteiger partial charge in [-0.05, 0) is 12.8 Å². The second kappa shape index (κ2) is 4.93. The summed E-state index contributed by atoms with van der Waals surface area (Å²) in [7, 11) is 0. The molecule has 0 spiro atoms. The average molecular weight is 230 g/mol. The SMILES string of the molecule is NSN1CCC(C(=O)C2=NCON2)CC1. The lowest BCUT2D eigenvalue weighted by Crippen LogP contribution is -2.38. The molecule has 2 heterocycles. The van der Waals surface area contributed by atoms with Gasteiger partial charge in [-0.1, -0.05) is 0 Å². The Labute approximate surface area is 92.5 Å². The predicted octanol–water partition coefficient (Wildman–Crippen LogP) is -0.320. The first kappa shape index (κ1) is 10.9. The lowest BCUT2D eigenvalue weighted by atomic mass is 9.93. The molecule has 15 heavy (non-hydrogen) atoms. The molecule has 0 saturated carbocycles. The van der Waals surface area contributed by atoms with E-state index in [-0.39, 0.29) is 18.4 Å². The fraction of sp³-hybridized carbons (Fsp3) is 0.750. The van der Waals surface area contributed by atoms with Gasteiger partial charge in [0.2, 0.25) is 5.78 Å². The Kier molecular flexibility index (Phi) is 3.57. The smallest absolute Gasteiger partial charge is 0.202 e. The van der Waals surface area contributed by atoms with Crippen LogP contribution in [0.1, 0.15) is 12.8 Å². The van der Waals surface area contributed by atoms with Gasteiger partial charge in [-0.15, -0.1) is 0 Å². The van der Waals surface area contributed by atoms with Crippen LogP contribution in [0.5, 0.6) is 0 Å². The fourth-order valence-electron chi connectivity index (χ4n) is 1.77. The number of carbonyl (C=O) groups excluding carboxylic acids is 1. The molecule has 6 nitrogen and oxygen atoms in total. The first-order chi connectivity index (χ1) is 7.31. The van der Waals surface area contributed by atoms with E-state index in [1.807, 2.05) is 0 Å². The van der Waals surface area contributed by atoms with Crippen molar-refractivity contribution in [2.24, 2.45) is 16.0 Å². The van der Waals surface area contributed by atoms with E-state index in [0.717, 1.165) is 25.9 Å². The summed E-state index contributed by atoms with van der Waals surface area (Å²) >= 11 is 1.24. The van der Waals surface area contributed by atoms with Crippen molar-refractivity contribution in [2.45, 2.75) is 12.8 Å². The molecular formula is C8H14N4O2S. The maximum atomic E-state index is 11.9. The Balaban J connectivity index is 1.87. The van der Waals surface area contributed by atoms with Crippen LogP contribution in [0.15, 0.2) is 4.99 Å². The minimum absolute atomic E-state index is 0.0568. The van der Waals surface area contributed by atoms with Gasteiger partial charge in [-0.2, -0.15) is 0 Å². The van der Waals surface area contributed by atoms with Crippen LogP contribution in [0.25, 0.3) is 0 Å². The van der Waals surface area contributed by atoms with E-state index >= 15 is 0 Å². The molecule has 1 fully saturated rings. The number of nitrogens with zero attached hydrogens (tertiary/aromatic N) is 2. The van der Waals surface area contributed by atoms with E-state index in [4.69, 9.17) is 9.98 Å². The van der Waals surface area contributed by atoms with Crippen LogP contribution in [0, 0.1) is 5.92 Å². The van der Waals surface area contributed by atoms with Gasteiger partial charge in [0.05, 0.1) is 0 Å². The van der Waals surface area contributed by atoms with Crippen LogP contribution in [0.3, 0.4) is 0 Å². The molecule has 0 atom stereocenters. The van der Waals surface area contributed by atoms with Gasteiger partial charge in [0.25, 0.3) is 0 Å². The lowest BCUT2D eigenvalue weighted by molar-refractivity contribution is -0.117. The highest BCUT2D eigenvalue weighted by molar-refractivity contribution is 7.94. The third-order valence-electron chi connectivity index (χ3n) is 2.66. The number of nitrogens with one attached hydrogen (secondary N) is 1. The zero-order chi connectivity index (χ0) is 10.7. The molecule has 3 N–H and O–H groups in total. The van der Waals surface area contributed by atoms with Gasteiger partial charge in [0.1, 0.15) is 0 Å². The van der Waals surface area contributed by atoms with Crippen molar-refractivity contribution in [2.75, 3.05) is 19.8 Å². The van der Waals surface area contributed by atoms with Crippen LogP contribution in [0.4, 0.5) is 0 Å². The molecule has 7 heteroatoms. The Morgan fingerprint density at radius 3 is 2.87 bits per heavy atom. The summed E-state index contributed by atoms with van der Waals surface area (Å²) in [5, 5.41) is 5.45. The number of nitrogens with two attached hydrogens (primary N) is 1. The van der Waals surface area contributed by atoms with Gasteiger partial charge in [-0.3, -0.25) is 14.8 Å². The molecule has 0 aromatic heterocycles. The number of hydroxylamine groups is 1. The third-order valence-corrected chi connectivity index (χ3v) is 3.33. The van der Waals surface area contributed by atoms with Crippen LogP contribution < -0.4 is 10.6 Å². The maximum absolute atomic E-state index is 11.9. The van der Waals surface area contributed by atoms with Crippen molar-refractivity contribution in [3.8, 4) is 0 Å². The summed E-state index contributed by atoms with van der Waals surface area (Å²) in [4.78, 5) is 20.6. The summed E-state index contributed by atoms with van der Waals surface area (Å²) in [6, 6.07) is 0. The van der Waals surface area contributed by atoms with Gasteiger partial charge < -0.3 is 0 Å². The summed E-state index contributed by atoms with van der Waals surface area (Å²) in [5.74, 6) is 0.490. The minimum atomic E-state index is 0.0568. The number of hydrogen-bond donors (Lipinski definition) is 2. The number of hydrogen-bond acceptors (Lipinski definition) is 7. The van der Waals surface area contributed by atoms with E-state index in [1.165, 1.54) is 12.1 Å². The number of piperidine rings is 1. The van der Waals surface area contributed by atoms with Crippen molar-refractivity contribution in [1.29, 1.82) is 0 Å². The number of carbonyl (C=O) groups is 1. The molecule has 0 aliphatic carbocycles. The number of rotatable bonds is 3. The van der Waals surface area contributed by atoms with Crippen molar-refractivity contribution < 1.29 is 9.63 Å². The van der Waals surface area contributed by atoms with E-state index in [9.17, 15) is 4.79 Å². The second-order valence-electron chi connectivity index (χ2n) is 3.56. The molecule has 0 amide bonds. The molecule has 84 valence electrons. The van der Waals surface area contributed by atoms with E-state index in [0.29, 0.717) is 5.84 Å². The van der Waals surface area contributed by atoms with Crippen LogP contribution in [0.2, 0.25) is 0 Å². The Morgan fingerprint density at radius 2 is 2.33 bits per heavy atom. The van der Waals surface area contributed by atoms with Crippen molar-refractivity contribution >= 4 is 23.8 Å². The molecule has 0 bridgehead atoms. The molecule has 2 aliphatic heterocycles. The second-order valence-corrected chi connectivity index (χ2v) is 4.28. The number of Topliss-reactive ketones (excluding diaryl/α,β-unsaturated/α-hetero) is 1. The molecule has 0 aromatic rings.